The molecule has 0 saturated carbocycles. The van der Waals surface area contributed by atoms with Gasteiger partial charge in [0.1, 0.15) is 5.82 Å². The Morgan fingerprint density at radius 2 is 0.375 bits per heavy atom. The van der Waals surface area contributed by atoms with Gasteiger partial charge in [0.2, 0.25) is 0 Å². The third kappa shape index (κ3) is 29.9. The monoisotopic (exact) mass is 1850 g/mol. The molecular formula is C104H84F19S5+5. The number of halogens is 19. The van der Waals surface area contributed by atoms with E-state index in [2.05, 4.69) is 24.3 Å². The van der Waals surface area contributed by atoms with E-state index in [1.165, 1.54) is 71.3 Å². The van der Waals surface area contributed by atoms with Gasteiger partial charge < -0.3 is 0 Å². The molecule has 15 rings (SSSR count). The van der Waals surface area contributed by atoms with Gasteiger partial charge in [-0.05, 0) is 235 Å². The number of aryl methyl sites for hydroxylation is 3. The molecule has 24 heteroatoms. The lowest BCUT2D eigenvalue weighted by Gasteiger charge is -2.13. The lowest BCUT2D eigenvalue weighted by atomic mass is 10.1. The van der Waals surface area contributed by atoms with Gasteiger partial charge >= 0.3 is 37.1 Å². The third-order valence-electron chi connectivity index (χ3n) is 19.1. The maximum Gasteiger partial charge on any atom is 0.416 e. The van der Waals surface area contributed by atoms with Crippen molar-refractivity contribution in [1.29, 1.82) is 0 Å². The molecular weight excluding hydrogens is 1770 g/mol. The summed E-state index contributed by atoms with van der Waals surface area (Å²) in [5.41, 5.74) is 1.86. The second kappa shape index (κ2) is 44.6. The number of benzene rings is 15. The molecule has 0 atom stereocenters. The molecule has 15 aromatic carbocycles. The lowest BCUT2D eigenvalue weighted by molar-refractivity contribution is -0.138. The molecule has 0 saturated heterocycles. The molecule has 0 spiro atoms. The summed E-state index contributed by atoms with van der Waals surface area (Å²) in [6.07, 6.45) is -31.0. The Kier molecular flexibility index (Phi) is 33.9. The van der Waals surface area contributed by atoms with Crippen LogP contribution in [0.1, 0.15) is 50.1 Å². The van der Waals surface area contributed by atoms with E-state index in [0.29, 0.717) is 41.2 Å². The number of hydrogen-bond donors (Lipinski definition) is 0. The highest BCUT2D eigenvalue weighted by atomic mass is 32.2. The molecule has 0 aliphatic rings. The van der Waals surface area contributed by atoms with Gasteiger partial charge in [0.05, 0.1) is 92.1 Å². The first-order valence-corrected chi connectivity index (χ1v) is 45.8. The number of rotatable bonds is 20. The predicted octanol–water partition coefficient (Wildman–Crippen LogP) is 31.5. The van der Waals surface area contributed by atoms with E-state index in [0.717, 1.165) is 39.2 Å². The standard InChI is InChI=1S/2C22H17F6S.C21H18F3S.C20H16F3S.C19H16FS/c2*23-21(24,25)14-16-6-4-10-19(12-16)29(18-8-2-1-3-9-18)20-11-5-7-17(13-20)15-22(26,27)28;1-16-12-13-20(14-17(16)15-21(22,23)24)25(18-8-4-2-5-9-18)19-10-6-3-7-11-19;1-15-12-13-18(14-19(15)20(21,22)23)24(16-8-4-2-5-9-16)17-10-6-3-7-11-17;1-15-12-13-18(14-19(15)20)21(16-8-4-2-5-9-16)17-10-6-3-7-11-17/h2*1-13H,14-15H2;2-14H,15H2,1H3;2-14H,1H3;2-14H,1H3/q5*+1. The van der Waals surface area contributed by atoms with Gasteiger partial charge in [-0.25, -0.2) is 4.39 Å². The minimum absolute atomic E-state index is 0.120. The molecule has 0 aliphatic carbocycles. The van der Waals surface area contributed by atoms with Crippen LogP contribution in [0.3, 0.4) is 0 Å². The fraction of sp³-hybridized carbons (Fsp3) is 0.135. The Hall–Kier alpha value is -11.3. The smallest absolute Gasteiger partial charge is 0.207 e. The highest BCUT2D eigenvalue weighted by Gasteiger charge is 2.40. The van der Waals surface area contributed by atoms with Crippen LogP contribution in [0.5, 0.6) is 0 Å². The van der Waals surface area contributed by atoms with Crippen molar-refractivity contribution in [3.8, 4) is 0 Å². The summed E-state index contributed by atoms with van der Waals surface area (Å²) < 4.78 is 246. The summed E-state index contributed by atoms with van der Waals surface area (Å²) in [5.74, 6) is -0.142. The van der Waals surface area contributed by atoms with Gasteiger partial charge in [-0.1, -0.05) is 212 Å². The number of alkyl halides is 18. The fourth-order valence-electron chi connectivity index (χ4n) is 13.5. The molecule has 0 radical (unpaired) electrons. The van der Waals surface area contributed by atoms with E-state index in [4.69, 9.17) is 0 Å². The summed E-state index contributed by atoms with van der Waals surface area (Å²) >= 11 is 0. The maximum absolute atomic E-state index is 14.0. The van der Waals surface area contributed by atoms with Crippen molar-refractivity contribution >= 4 is 54.5 Å². The molecule has 0 fully saturated rings. The second-order valence-electron chi connectivity index (χ2n) is 29.1. The van der Waals surface area contributed by atoms with Crippen molar-refractivity contribution in [2.24, 2.45) is 0 Å². The van der Waals surface area contributed by atoms with E-state index >= 15 is 0 Å². The molecule has 0 unspecified atom stereocenters. The van der Waals surface area contributed by atoms with E-state index in [9.17, 15) is 83.4 Å². The summed E-state index contributed by atoms with van der Waals surface area (Å²) in [4.78, 5) is 13.3. The Bertz CT molecular complexity index is 5570. The largest absolute Gasteiger partial charge is 0.416 e. The zero-order valence-electron chi connectivity index (χ0n) is 68.8. The molecule has 0 heterocycles. The van der Waals surface area contributed by atoms with E-state index in [-0.39, 0.29) is 44.5 Å². The maximum atomic E-state index is 14.0. The third-order valence-corrected chi connectivity index (χ3v) is 30.1. The van der Waals surface area contributed by atoms with Gasteiger partial charge in [-0.2, -0.15) is 79.0 Å². The molecule has 0 N–H and O–H groups in total. The Balaban J connectivity index is 0.000000156. The van der Waals surface area contributed by atoms with Gasteiger partial charge in [0.25, 0.3) is 0 Å². The van der Waals surface area contributed by atoms with Crippen LogP contribution in [0.2, 0.25) is 0 Å². The first-order valence-electron chi connectivity index (χ1n) is 39.7. The van der Waals surface area contributed by atoms with E-state index in [1.807, 2.05) is 212 Å². The van der Waals surface area contributed by atoms with Crippen molar-refractivity contribution in [2.75, 3.05) is 0 Å². The molecule has 128 heavy (non-hydrogen) atoms. The zero-order valence-corrected chi connectivity index (χ0v) is 72.9. The van der Waals surface area contributed by atoms with Crippen molar-refractivity contribution in [3.63, 3.8) is 0 Å². The van der Waals surface area contributed by atoms with Crippen molar-refractivity contribution < 1.29 is 83.4 Å². The van der Waals surface area contributed by atoms with Crippen LogP contribution in [0.4, 0.5) is 83.4 Å². The van der Waals surface area contributed by atoms with Crippen LogP contribution in [0, 0.1) is 26.6 Å². The highest BCUT2D eigenvalue weighted by Crippen LogP contribution is 2.42. The SMILES string of the molecule is Cc1ccc([S+](c2ccccc2)c2ccccc2)cc1C(F)(F)F.Cc1ccc([S+](c2ccccc2)c2ccccc2)cc1CC(F)(F)F.Cc1ccc([S+](c2ccccc2)c2ccccc2)cc1F.FC(F)(F)Cc1cccc([S+](c2ccccc2)c2cccc(CC(F)(F)F)c2)c1.FC(F)(F)Cc1cccc([S+](c2ccccc2)c2cccc(CC(F)(F)F)c2)c1. The van der Waals surface area contributed by atoms with Crippen molar-refractivity contribution in [1.82, 2.24) is 0 Å². The van der Waals surface area contributed by atoms with Gasteiger partial charge in [0, 0.05) is 12.1 Å². The summed E-state index contributed by atoms with van der Waals surface area (Å²) in [6, 6.07) is 118. The van der Waals surface area contributed by atoms with Crippen LogP contribution in [-0.4, -0.2) is 30.9 Å². The summed E-state index contributed by atoms with van der Waals surface area (Å²) in [7, 11) is -2.92. The average Bonchev–Trinajstić information content (AvgIpc) is 0.690. The highest BCUT2D eigenvalue weighted by molar-refractivity contribution is 7.98. The van der Waals surface area contributed by atoms with Crippen LogP contribution in [0.25, 0.3) is 0 Å². The summed E-state index contributed by atoms with van der Waals surface area (Å²) in [5, 5.41) is 0. The number of hydrogen-bond acceptors (Lipinski definition) is 0. The summed E-state index contributed by atoms with van der Waals surface area (Å²) in [6.45, 7) is 5.02. The minimum atomic E-state index is -4.34. The molecule has 658 valence electrons. The van der Waals surface area contributed by atoms with Crippen LogP contribution < -0.4 is 0 Å². The average molecular weight is 1860 g/mol. The van der Waals surface area contributed by atoms with E-state index < -0.39 is 118 Å². The first kappa shape index (κ1) is 97.3. The normalized spacial score (nSPS) is 11.9. The topological polar surface area (TPSA) is 0 Å². The van der Waals surface area contributed by atoms with Gasteiger partial charge in [0.15, 0.2) is 73.4 Å². The zero-order chi connectivity index (χ0) is 91.8. The van der Waals surface area contributed by atoms with Crippen LogP contribution in [0.15, 0.2) is 468 Å². The van der Waals surface area contributed by atoms with Crippen LogP contribution >= 0.6 is 0 Å². The Morgan fingerprint density at radius 1 is 0.180 bits per heavy atom. The van der Waals surface area contributed by atoms with E-state index in [1.54, 1.807) is 117 Å². The first-order chi connectivity index (χ1) is 60.9. The lowest BCUT2D eigenvalue weighted by Crippen LogP contribution is -2.13. The molecule has 0 aliphatic heterocycles. The quantitative estimate of drug-likeness (QED) is 0.0527. The second-order valence-corrected chi connectivity index (χ2v) is 39.2. The fourth-order valence-corrected chi connectivity index (χ4v) is 24.2. The minimum Gasteiger partial charge on any atom is -0.207 e. The molecule has 0 nitrogen and oxygen atoms in total. The van der Waals surface area contributed by atoms with Crippen LogP contribution in [-0.2, 0) is 92.8 Å². The Labute approximate surface area is 746 Å². The Morgan fingerprint density at radius 3 is 0.602 bits per heavy atom. The van der Waals surface area contributed by atoms with Gasteiger partial charge in [-0.3, -0.25) is 0 Å². The molecule has 15 aromatic rings. The molecule has 0 bridgehead atoms. The van der Waals surface area contributed by atoms with Crippen molar-refractivity contribution in [3.05, 3.63) is 450 Å². The van der Waals surface area contributed by atoms with Crippen molar-refractivity contribution in [2.45, 2.75) is 163 Å². The predicted molar refractivity (Wildman–Crippen MR) is 475 cm³/mol. The molecule has 0 amide bonds. The van der Waals surface area contributed by atoms with Gasteiger partial charge in [-0.15, -0.1) is 0 Å². The molecule has 0 aromatic heterocycles.